The summed E-state index contributed by atoms with van der Waals surface area (Å²) in [5, 5.41) is 4.32. The molecule has 1 aromatic carbocycles. The molecule has 7 heteroatoms. The number of hydrogen-bond donors (Lipinski definition) is 1. The Morgan fingerprint density at radius 1 is 1.20 bits per heavy atom. The molecule has 0 bridgehead atoms. The van der Waals surface area contributed by atoms with Crippen molar-refractivity contribution in [2.45, 2.75) is 13.5 Å². The highest BCUT2D eigenvalue weighted by atomic mass is 32.1. The maximum atomic E-state index is 11.8. The number of amides is 1. The van der Waals surface area contributed by atoms with Crippen molar-refractivity contribution in [2.75, 3.05) is 6.54 Å². The first-order valence-electron chi connectivity index (χ1n) is 7.62. The van der Waals surface area contributed by atoms with Crippen LogP contribution in [-0.4, -0.2) is 23.4 Å². The predicted octanol–water partition coefficient (Wildman–Crippen LogP) is 3.18. The summed E-state index contributed by atoms with van der Waals surface area (Å²) in [6.45, 7) is 1.57. The standard InChI is InChI=1S/C18H16N2O4S/c1-12-14(20-18(24-12)13-6-3-2-4-7-13)11-23-16(21)10-19-17(22)15-8-5-9-25-15/h2-9H,10-11H2,1H3,(H,19,22). The van der Waals surface area contributed by atoms with Gasteiger partial charge in [0.2, 0.25) is 5.89 Å². The highest BCUT2D eigenvalue weighted by Crippen LogP contribution is 2.21. The van der Waals surface area contributed by atoms with E-state index in [9.17, 15) is 9.59 Å². The van der Waals surface area contributed by atoms with Gasteiger partial charge in [-0.2, -0.15) is 0 Å². The third-order valence-electron chi connectivity index (χ3n) is 3.42. The van der Waals surface area contributed by atoms with Crippen LogP contribution in [0.4, 0.5) is 0 Å². The monoisotopic (exact) mass is 356 g/mol. The fourth-order valence-corrected chi connectivity index (χ4v) is 2.75. The zero-order valence-corrected chi connectivity index (χ0v) is 14.3. The molecule has 0 spiro atoms. The number of hydrogen-bond acceptors (Lipinski definition) is 6. The molecule has 0 aliphatic heterocycles. The van der Waals surface area contributed by atoms with Crippen LogP contribution in [0.15, 0.2) is 52.3 Å². The average molecular weight is 356 g/mol. The topological polar surface area (TPSA) is 81.4 Å². The molecule has 3 rings (SSSR count). The van der Waals surface area contributed by atoms with E-state index < -0.39 is 5.97 Å². The molecular formula is C18H16N2O4S. The Hall–Kier alpha value is -2.93. The van der Waals surface area contributed by atoms with Crippen molar-refractivity contribution < 1.29 is 18.7 Å². The van der Waals surface area contributed by atoms with E-state index in [1.165, 1.54) is 11.3 Å². The van der Waals surface area contributed by atoms with Gasteiger partial charge in [0.1, 0.15) is 24.6 Å². The fraction of sp³-hybridized carbons (Fsp3) is 0.167. The Morgan fingerprint density at radius 3 is 2.72 bits per heavy atom. The highest BCUT2D eigenvalue weighted by Gasteiger charge is 2.14. The van der Waals surface area contributed by atoms with Gasteiger partial charge >= 0.3 is 5.97 Å². The summed E-state index contributed by atoms with van der Waals surface area (Å²) < 4.78 is 10.8. The van der Waals surface area contributed by atoms with Crippen LogP contribution in [0.1, 0.15) is 21.1 Å². The van der Waals surface area contributed by atoms with E-state index in [-0.39, 0.29) is 19.1 Å². The zero-order valence-electron chi connectivity index (χ0n) is 13.5. The first-order valence-corrected chi connectivity index (χ1v) is 8.50. The molecular weight excluding hydrogens is 340 g/mol. The number of oxazole rings is 1. The van der Waals surface area contributed by atoms with E-state index in [0.29, 0.717) is 22.2 Å². The van der Waals surface area contributed by atoms with Crippen LogP contribution >= 0.6 is 11.3 Å². The van der Waals surface area contributed by atoms with Crippen LogP contribution in [-0.2, 0) is 16.1 Å². The molecule has 0 saturated heterocycles. The number of ether oxygens (including phenoxy) is 1. The molecule has 0 fully saturated rings. The lowest BCUT2D eigenvalue weighted by atomic mass is 10.2. The Labute approximate surface area is 148 Å². The van der Waals surface area contributed by atoms with Gasteiger partial charge in [-0.3, -0.25) is 9.59 Å². The van der Waals surface area contributed by atoms with Crippen LogP contribution in [0.25, 0.3) is 11.5 Å². The van der Waals surface area contributed by atoms with Crippen molar-refractivity contribution in [1.29, 1.82) is 0 Å². The quantitative estimate of drug-likeness (QED) is 0.686. The largest absolute Gasteiger partial charge is 0.458 e. The van der Waals surface area contributed by atoms with Gasteiger partial charge in [0.05, 0.1) is 4.88 Å². The van der Waals surface area contributed by atoms with Crippen LogP contribution in [0.2, 0.25) is 0 Å². The number of carbonyl (C=O) groups is 2. The molecule has 0 radical (unpaired) electrons. The maximum Gasteiger partial charge on any atom is 0.325 e. The van der Waals surface area contributed by atoms with Crippen LogP contribution < -0.4 is 5.32 Å². The lowest BCUT2D eigenvalue weighted by Crippen LogP contribution is -2.30. The minimum absolute atomic E-state index is 0.00409. The van der Waals surface area contributed by atoms with E-state index >= 15 is 0 Å². The van der Waals surface area contributed by atoms with Crippen molar-refractivity contribution in [2.24, 2.45) is 0 Å². The predicted molar refractivity (Wildman–Crippen MR) is 93.1 cm³/mol. The summed E-state index contributed by atoms with van der Waals surface area (Å²) in [4.78, 5) is 28.5. The molecule has 0 atom stereocenters. The van der Waals surface area contributed by atoms with E-state index in [2.05, 4.69) is 10.3 Å². The number of benzene rings is 1. The van der Waals surface area contributed by atoms with Crippen molar-refractivity contribution in [3.05, 3.63) is 64.2 Å². The van der Waals surface area contributed by atoms with E-state index in [1.807, 2.05) is 30.3 Å². The van der Waals surface area contributed by atoms with Gasteiger partial charge in [-0.25, -0.2) is 4.98 Å². The summed E-state index contributed by atoms with van der Waals surface area (Å²) in [5.74, 6) is 0.244. The number of thiophene rings is 1. The van der Waals surface area contributed by atoms with Crippen molar-refractivity contribution in [1.82, 2.24) is 10.3 Å². The van der Waals surface area contributed by atoms with Gasteiger partial charge < -0.3 is 14.5 Å². The van der Waals surface area contributed by atoms with Crippen molar-refractivity contribution in [3.8, 4) is 11.5 Å². The molecule has 0 aliphatic rings. The Kier molecular flexibility index (Phi) is 5.25. The molecule has 2 heterocycles. The minimum atomic E-state index is -0.534. The second-order valence-corrected chi connectivity index (χ2v) is 6.16. The lowest BCUT2D eigenvalue weighted by molar-refractivity contribution is -0.143. The third-order valence-corrected chi connectivity index (χ3v) is 4.29. The van der Waals surface area contributed by atoms with Gasteiger partial charge in [0.15, 0.2) is 0 Å². The third kappa shape index (κ3) is 4.33. The fourth-order valence-electron chi connectivity index (χ4n) is 2.11. The lowest BCUT2D eigenvalue weighted by Gasteiger charge is -2.04. The molecule has 128 valence electrons. The minimum Gasteiger partial charge on any atom is -0.458 e. The van der Waals surface area contributed by atoms with Crippen LogP contribution in [0, 0.1) is 6.92 Å². The van der Waals surface area contributed by atoms with Crippen molar-refractivity contribution >= 4 is 23.2 Å². The summed E-state index contributed by atoms with van der Waals surface area (Å²) in [7, 11) is 0. The van der Waals surface area contributed by atoms with E-state index in [0.717, 1.165) is 5.56 Å². The van der Waals surface area contributed by atoms with Gasteiger partial charge in [-0.1, -0.05) is 24.3 Å². The number of esters is 1. The maximum absolute atomic E-state index is 11.8. The number of aryl methyl sites for hydroxylation is 1. The molecule has 1 N–H and O–H groups in total. The van der Waals surface area contributed by atoms with Crippen molar-refractivity contribution in [3.63, 3.8) is 0 Å². The molecule has 0 aliphatic carbocycles. The SMILES string of the molecule is Cc1oc(-c2ccccc2)nc1COC(=O)CNC(=O)c1cccs1. The number of rotatable bonds is 6. The summed E-state index contributed by atoms with van der Waals surface area (Å²) in [6.07, 6.45) is 0. The molecule has 6 nitrogen and oxygen atoms in total. The Morgan fingerprint density at radius 2 is 2.00 bits per heavy atom. The van der Waals surface area contributed by atoms with Gasteiger partial charge in [0.25, 0.3) is 5.91 Å². The molecule has 0 saturated carbocycles. The second-order valence-electron chi connectivity index (χ2n) is 5.21. The highest BCUT2D eigenvalue weighted by molar-refractivity contribution is 7.12. The van der Waals surface area contributed by atoms with Gasteiger partial charge in [-0.05, 0) is 30.5 Å². The van der Waals surface area contributed by atoms with Gasteiger partial charge in [-0.15, -0.1) is 11.3 Å². The first-order chi connectivity index (χ1) is 12.1. The smallest absolute Gasteiger partial charge is 0.325 e. The summed E-state index contributed by atoms with van der Waals surface area (Å²) in [6, 6.07) is 12.9. The van der Waals surface area contributed by atoms with E-state index in [1.54, 1.807) is 24.4 Å². The van der Waals surface area contributed by atoms with Crippen LogP contribution in [0.3, 0.4) is 0 Å². The molecule has 25 heavy (non-hydrogen) atoms. The molecule has 0 unspecified atom stereocenters. The molecule has 1 amide bonds. The normalized spacial score (nSPS) is 10.4. The summed E-state index contributed by atoms with van der Waals surface area (Å²) in [5.41, 5.74) is 1.41. The number of carbonyl (C=O) groups excluding carboxylic acids is 2. The zero-order chi connectivity index (χ0) is 17.6. The Balaban J connectivity index is 1.52. The average Bonchev–Trinajstić information content (AvgIpc) is 3.28. The Bertz CT molecular complexity index is 857. The molecule has 3 aromatic rings. The second kappa shape index (κ2) is 7.76. The number of nitrogens with zero attached hydrogens (tertiary/aromatic N) is 1. The van der Waals surface area contributed by atoms with Crippen LogP contribution in [0.5, 0.6) is 0 Å². The first kappa shape index (κ1) is 16.9. The van der Waals surface area contributed by atoms with Gasteiger partial charge in [0, 0.05) is 5.56 Å². The van der Waals surface area contributed by atoms with E-state index in [4.69, 9.17) is 9.15 Å². The number of aromatic nitrogens is 1. The number of nitrogens with one attached hydrogen (secondary N) is 1. The molecule has 2 aromatic heterocycles. The summed E-state index contributed by atoms with van der Waals surface area (Å²) >= 11 is 1.31.